The summed E-state index contributed by atoms with van der Waals surface area (Å²) in [5, 5.41) is 3.15. The fourth-order valence-electron chi connectivity index (χ4n) is 1.77. The first kappa shape index (κ1) is 11.9. The number of rotatable bonds is 5. The monoisotopic (exact) mass is 236 g/mol. The number of carbonyl (C=O) groups excluding carboxylic acids is 1. The second-order valence-electron chi connectivity index (χ2n) is 3.87. The molecule has 0 aliphatic carbocycles. The van der Waals surface area contributed by atoms with Gasteiger partial charge in [0.15, 0.2) is 0 Å². The summed E-state index contributed by atoms with van der Waals surface area (Å²) in [4.78, 5) is 16.7. The van der Waals surface area contributed by atoms with Crippen LogP contribution in [0.5, 0.6) is 0 Å². The van der Waals surface area contributed by atoms with E-state index in [1.54, 1.807) is 7.11 Å². The fraction of sp³-hybridized carbons (Fsp3) is 0.417. The molecule has 1 amide bonds. The second kappa shape index (κ2) is 5.65. The molecule has 0 aromatic heterocycles. The van der Waals surface area contributed by atoms with Gasteiger partial charge < -0.3 is 10.1 Å². The topological polar surface area (TPSA) is 59.6 Å². The van der Waals surface area contributed by atoms with E-state index in [4.69, 9.17) is 9.57 Å². The smallest absolute Gasteiger partial charge is 0.266 e. The summed E-state index contributed by atoms with van der Waals surface area (Å²) in [6.07, 6.45) is 0.690. The lowest BCUT2D eigenvalue weighted by atomic mass is 10.1. The zero-order chi connectivity index (χ0) is 12.1. The summed E-state index contributed by atoms with van der Waals surface area (Å²) in [6.45, 7) is 0.806. The molecule has 0 saturated carbocycles. The Labute approximate surface area is 100 Å². The number of ether oxygens (including phenoxy) is 1. The van der Waals surface area contributed by atoms with E-state index in [1.807, 2.05) is 24.3 Å². The number of hydrogen-bond donors (Lipinski definition) is 2. The second-order valence-corrected chi connectivity index (χ2v) is 3.87. The van der Waals surface area contributed by atoms with Crippen molar-refractivity contribution in [2.75, 3.05) is 25.6 Å². The van der Waals surface area contributed by atoms with Gasteiger partial charge in [-0.1, -0.05) is 18.2 Å². The Morgan fingerprint density at radius 2 is 2.29 bits per heavy atom. The minimum absolute atomic E-state index is 0.155. The van der Waals surface area contributed by atoms with Gasteiger partial charge >= 0.3 is 0 Å². The molecular weight excluding hydrogens is 220 g/mol. The lowest BCUT2D eigenvalue weighted by molar-refractivity contribution is -0.135. The van der Waals surface area contributed by atoms with Crippen LogP contribution in [0, 0.1) is 0 Å². The van der Waals surface area contributed by atoms with Gasteiger partial charge in [0.2, 0.25) is 0 Å². The third kappa shape index (κ3) is 2.95. The number of para-hydroxylation sites is 1. The first-order valence-electron chi connectivity index (χ1n) is 5.56. The fourth-order valence-corrected chi connectivity index (χ4v) is 1.77. The van der Waals surface area contributed by atoms with Gasteiger partial charge in [-0.3, -0.25) is 9.63 Å². The van der Waals surface area contributed by atoms with Crippen LogP contribution in [0.1, 0.15) is 5.56 Å². The normalized spacial score (nSPS) is 17.4. The van der Waals surface area contributed by atoms with Crippen LogP contribution in [0.25, 0.3) is 0 Å². The number of benzene rings is 1. The van der Waals surface area contributed by atoms with Crippen molar-refractivity contribution < 1.29 is 14.4 Å². The average Bonchev–Trinajstić information content (AvgIpc) is 2.78. The van der Waals surface area contributed by atoms with Crippen LogP contribution in [0.15, 0.2) is 24.3 Å². The molecule has 1 aromatic rings. The molecule has 17 heavy (non-hydrogen) atoms. The van der Waals surface area contributed by atoms with E-state index in [0.717, 1.165) is 11.3 Å². The largest absolute Gasteiger partial charge is 0.382 e. The van der Waals surface area contributed by atoms with Gasteiger partial charge in [-0.15, -0.1) is 0 Å². The van der Waals surface area contributed by atoms with Crippen molar-refractivity contribution in [1.29, 1.82) is 0 Å². The van der Waals surface area contributed by atoms with E-state index in [-0.39, 0.29) is 11.9 Å². The Balaban J connectivity index is 1.80. The maximum absolute atomic E-state index is 11.7. The Kier molecular flexibility index (Phi) is 3.95. The number of nitrogens with one attached hydrogen (secondary N) is 2. The van der Waals surface area contributed by atoms with E-state index >= 15 is 0 Å². The van der Waals surface area contributed by atoms with Gasteiger partial charge in [-0.25, -0.2) is 5.48 Å². The van der Waals surface area contributed by atoms with E-state index in [1.165, 1.54) is 0 Å². The standard InChI is InChI=1S/C12H16N2O3/c1-16-6-7-17-14-12(15)11-8-9-4-2-3-5-10(9)13-11/h2-5,11,13H,6-8H2,1H3,(H,14,15)/t11-/m0/s1. The molecular formula is C12H16N2O3. The Hall–Kier alpha value is -1.59. The molecule has 1 aromatic carbocycles. The maximum atomic E-state index is 11.7. The molecule has 92 valence electrons. The number of hydrogen-bond acceptors (Lipinski definition) is 4. The summed E-state index contributed by atoms with van der Waals surface area (Å²) in [5.41, 5.74) is 4.59. The highest BCUT2D eigenvalue weighted by atomic mass is 16.7. The molecule has 5 nitrogen and oxygen atoms in total. The van der Waals surface area contributed by atoms with Crippen LogP contribution in [0.2, 0.25) is 0 Å². The van der Waals surface area contributed by atoms with E-state index in [9.17, 15) is 4.79 Å². The predicted molar refractivity (Wildman–Crippen MR) is 63.5 cm³/mol. The van der Waals surface area contributed by atoms with E-state index in [2.05, 4.69) is 10.8 Å². The summed E-state index contributed by atoms with van der Waals surface area (Å²) in [7, 11) is 1.58. The van der Waals surface area contributed by atoms with Crippen LogP contribution in [-0.2, 0) is 20.8 Å². The van der Waals surface area contributed by atoms with Crippen molar-refractivity contribution in [3.05, 3.63) is 29.8 Å². The minimum atomic E-state index is -0.255. The minimum Gasteiger partial charge on any atom is -0.382 e. The Morgan fingerprint density at radius 3 is 3.06 bits per heavy atom. The molecule has 0 unspecified atom stereocenters. The van der Waals surface area contributed by atoms with Crippen molar-refractivity contribution in [2.24, 2.45) is 0 Å². The summed E-state index contributed by atoms with van der Waals surface area (Å²) >= 11 is 0. The molecule has 1 aliphatic heterocycles. The highest BCUT2D eigenvalue weighted by Gasteiger charge is 2.26. The van der Waals surface area contributed by atoms with Crippen LogP contribution >= 0.6 is 0 Å². The quantitative estimate of drug-likeness (QED) is 0.584. The molecule has 0 fully saturated rings. The number of carbonyl (C=O) groups is 1. The molecule has 0 spiro atoms. The summed E-state index contributed by atoms with van der Waals surface area (Å²) < 4.78 is 4.81. The average molecular weight is 236 g/mol. The third-order valence-corrected chi connectivity index (χ3v) is 2.65. The Morgan fingerprint density at radius 1 is 1.47 bits per heavy atom. The van der Waals surface area contributed by atoms with Crippen LogP contribution in [0.4, 0.5) is 5.69 Å². The number of anilines is 1. The molecule has 1 atom stereocenters. The van der Waals surface area contributed by atoms with Crippen molar-refractivity contribution in [3.8, 4) is 0 Å². The summed E-state index contributed by atoms with van der Waals surface area (Å²) in [6, 6.07) is 7.64. The first-order valence-corrected chi connectivity index (χ1v) is 5.56. The molecule has 0 bridgehead atoms. The zero-order valence-electron chi connectivity index (χ0n) is 9.73. The van der Waals surface area contributed by atoms with Gasteiger partial charge in [0.1, 0.15) is 6.04 Å². The Bertz CT molecular complexity index is 370. The van der Waals surface area contributed by atoms with Crippen molar-refractivity contribution in [1.82, 2.24) is 5.48 Å². The molecule has 1 heterocycles. The molecule has 1 aliphatic rings. The molecule has 0 saturated heterocycles. The van der Waals surface area contributed by atoms with Gasteiger partial charge in [0.05, 0.1) is 13.2 Å². The van der Waals surface area contributed by atoms with E-state index < -0.39 is 0 Å². The highest BCUT2D eigenvalue weighted by molar-refractivity contribution is 5.86. The maximum Gasteiger partial charge on any atom is 0.266 e. The van der Waals surface area contributed by atoms with Crippen molar-refractivity contribution >= 4 is 11.6 Å². The lowest BCUT2D eigenvalue weighted by Gasteiger charge is -2.11. The molecule has 2 rings (SSSR count). The molecule has 0 radical (unpaired) electrons. The number of amides is 1. The number of hydroxylamine groups is 1. The zero-order valence-corrected chi connectivity index (χ0v) is 9.73. The van der Waals surface area contributed by atoms with Gasteiger partial charge in [0, 0.05) is 19.2 Å². The first-order chi connectivity index (χ1) is 8.31. The highest BCUT2D eigenvalue weighted by Crippen LogP contribution is 2.24. The summed E-state index contributed by atoms with van der Waals surface area (Å²) in [5.74, 6) is -0.155. The van der Waals surface area contributed by atoms with Gasteiger partial charge in [0.25, 0.3) is 5.91 Å². The lowest BCUT2D eigenvalue weighted by Crippen LogP contribution is -2.38. The van der Waals surface area contributed by atoms with Gasteiger partial charge in [-0.05, 0) is 11.6 Å². The van der Waals surface area contributed by atoms with Crippen molar-refractivity contribution in [3.63, 3.8) is 0 Å². The van der Waals surface area contributed by atoms with Crippen LogP contribution in [0.3, 0.4) is 0 Å². The predicted octanol–water partition coefficient (Wildman–Crippen LogP) is 0.717. The van der Waals surface area contributed by atoms with Gasteiger partial charge in [-0.2, -0.15) is 0 Å². The van der Waals surface area contributed by atoms with E-state index in [0.29, 0.717) is 19.6 Å². The SMILES string of the molecule is COCCONC(=O)[C@@H]1Cc2ccccc2N1. The third-order valence-electron chi connectivity index (χ3n) is 2.65. The number of methoxy groups -OCH3 is 1. The molecule has 5 heteroatoms. The van der Waals surface area contributed by atoms with Crippen LogP contribution < -0.4 is 10.8 Å². The van der Waals surface area contributed by atoms with Crippen molar-refractivity contribution in [2.45, 2.75) is 12.5 Å². The molecule has 2 N–H and O–H groups in total. The number of fused-ring (bicyclic) bond motifs is 1. The van der Waals surface area contributed by atoms with Crippen LogP contribution in [-0.4, -0.2) is 32.3 Å².